The summed E-state index contributed by atoms with van der Waals surface area (Å²) in [7, 11) is 0. The molecule has 0 fully saturated rings. The molecule has 2 aromatic carbocycles. The number of nitrogens with one attached hydrogen (secondary N) is 2. The zero-order valence-corrected chi connectivity index (χ0v) is 19.7. The Labute approximate surface area is 201 Å². The van der Waals surface area contributed by atoms with Crippen molar-refractivity contribution in [1.29, 1.82) is 0 Å². The number of amides is 2. The molecule has 0 aliphatic rings. The van der Waals surface area contributed by atoms with E-state index in [-0.39, 0.29) is 40.2 Å². The van der Waals surface area contributed by atoms with Gasteiger partial charge in [-0.2, -0.15) is 0 Å². The van der Waals surface area contributed by atoms with Crippen LogP contribution in [0.2, 0.25) is 0 Å². The fraction of sp³-hybridized carbons (Fsp3) is 0.292. The van der Waals surface area contributed by atoms with Gasteiger partial charge in [-0.3, -0.25) is 19.0 Å². The van der Waals surface area contributed by atoms with E-state index in [1.807, 2.05) is 13.8 Å². The Kier molecular flexibility index (Phi) is 7.38. The average Bonchev–Trinajstić information content (AvgIpc) is 3.24. The highest BCUT2D eigenvalue weighted by Crippen LogP contribution is 2.38. The third-order valence-corrected chi connectivity index (χ3v) is 5.32. The monoisotopic (exact) mass is 481 g/mol. The Morgan fingerprint density at radius 3 is 2.20 bits per heavy atom. The third-order valence-electron chi connectivity index (χ3n) is 5.32. The second kappa shape index (κ2) is 10.2. The van der Waals surface area contributed by atoms with Gasteiger partial charge < -0.3 is 26.0 Å². The number of hydrogen-bond acceptors (Lipinski definition) is 7. The number of benzene rings is 2. The quantitative estimate of drug-likeness (QED) is 0.327. The molecular formula is C24H27N5O6. The van der Waals surface area contributed by atoms with Gasteiger partial charge in [-0.25, -0.2) is 0 Å². The Morgan fingerprint density at radius 2 is 1.63 bits per heavy atom. The number of carbonyl (C=O) groups is 3. The first-order valence-corrected chi connectivity index (χ1v) is 11.0. The Morgan fingerprint density at radius 1 is 0.971 bits per heavy atom. The number of carboxylic acid groups (broad SMARTS) is 1. The predicted octanol–water partition coefficient (Wildman–Crippen LogP) is 2.42. The van der Waals surface area contributed by atoms with Crippen LogP contribution in [0.25, 0.3) is 17.1 Å². The summed E-state index contributed by atoms with van der Waals surface area (Å²) in [5.74, 6) is -2.49. The normalized spacial score (nSPS) is 11.8. The van der Waals surface area contributed by atoms with Crippen LogP contribution in [0.1, 0.15) is 60.2 Å². The van der Waals surface area contributed by atoms with Crippen LogP contribution in [0.15, 0.2) is 36.4 Å². The largest absolute Gasteiger partial charge is 0.508 e. The van der Waals surface area contributed by atoms with Crippen molar-refractivity contribution in [3.05, 3.63) is 53.3 Å². The van der Waals surface area contributed by atoms with Crippen molar-refractivity contribution in [1.82, 2.24) is 25.4 Å². The summed E-state index contributed by atoms with van der Waals surface area (Å²) in [6.07, 6.45) is 0. The van der Waals surface area contributed by atoms with Gasteiger partial charge >= 0.3 is 5.97 Å². The first-order valence-electron chi connectivity index (χ1n) is 11.0. The highest BCUT2D eigenvalue weighted by atomic mass is 16.4. The zero-order valence-electron chi connectivity index (χ0n) is 19.7. The maximum atomic E-state index is 12.7. The van der Waals surface area contributed by atoms with E-state index in [0.717, 1.165) is 0 Å². The molecule has 11 nitrogen and oxygen atoms in total. The fourth-order valence-electron chi connectivity index (χ4n) is 3.43. The lowest BCUT2D eigenvalue weighted by Gasteiger charge is -2.15. The molecule has 0 spiro atoms. The summed E-state index contributed by atoms with van der Waals surface area (Å²) in [5.41, 5.74) is 1.47. The van der Waals surface area contributed by atoms with Crippen LogP contribution in [0.5, 0.6) is 11.5 Å². The zero-order chi connectivity index (χ0) is 25.9. The maximum absolute atomic E-state index is 12.7. The molecule has 3 rings (SSSR count). The molecule has 1 heterocycles. The topological polar surface area (TPSA) is 167 Å². The number of carboxylic acids is 1. The molecule has 0 bridgehead atoms. The lowest BCUT2D eigenvalue weighted by molar-refractivity contribution is -0.138. The Bertz CT molecular complexity index is 1270. The highest BCUT2D eigenvalue weighted by molar-refractivity contribution is 5.97. The first kappa shape index (κ1) is 25.2. The van der Waals surface area contributed by atoms with Gasteiger partial charge in [0.1, 0.15) is 17.5 Å². The van der Waals surface area contributed by atoms with Gasteiger partial charge in [-0.05, 0) is 55.7 Å². The van der Waals surface area contributed by atoms with Gasteiger partial charge in [0, 0.05) is 23.9 Å². The van der Waals surface area contributed by atoms with Crippen LogP contribution >= 0.6 is 0 Å². The molecule has 35 heavy (non-hydrogen) atoms. The molecule has 11 heteroatoms. The summed E-state index contributed by atoms with van der Waals surface area (Å²) in [6.45, 7) is 7.23. The standard InChI is InChI=1S/C24H27N5O6/c1-5-25-23(33)21-28-27-20(17-10-16(12(2)3)18(30)11-19(17)31)29(21)15-8-6-14(7-9-15)22(32)26-13(4)24(34)35/h6-13,30-31H,5H2,1-4H3,(H,25,33)(H,26,32)(H,34,35)/t13-/m0/s1. The van der Waals surface area contributed by atoms with Crippen molar-refractivity contribution < 1.29 is 29.7 Å². The van der Waals surface area contributed by atoms with Gasteiger partial charge in [0.05, 0.1) is 5.56 Å². The third kappa shape index (κ3) is 5.24. The number of aromatic hydroxyl groups is 2. The lowest BCUT2D eigenvalue weighted by atomic mass is 9.98. The van der Waals surface area contributed by atoms with Crippen LogP contribution in [0.4, 0.5) is 0 Å². The Hall–Kier alpha value is -4.41. The van der Waals surface area contributed by atoms with Crippen molar-refractivity contribution in [2.75, 3.05) is 6.54 Å². The minimum Gasteiger partial charge on any atom is -0.508 e. The average molecular weight is 482 g/mol. The van der Waals surface area contributed by atoms with E-state index >= 15 is 0 Å². The van der Waals surface area contributed by atoms with E-state index < -0.39 is 23.8 Å². The van der Waals surface area contributed by atoms with E-state index in [9.17, 15) is 24.6 Å². The van der Waals surface area contributed by atoms with E-state index in [2.05, 4.69) is 20.8 Å². The smallest absolute Gasteiger partial charge is 0.325 e. The molecule has 0 saturated heterocycles. The molecule has 184 valence electrons. The summed E-state index contributed by atoms with van der Waals surface area (Å²) in [6, 6.07) is 7.79. The number of nitrogens with zero attached hydrogens (tertiary/aromatic N) is 3. The lowest BCUT2D eigenvalue weighted by Crippen LogP contribution is -2.38. The molecule has 0 radical (unpaired) electrons. The van der Waals surface area contributed by atoms with Crippen LogP contribution < -0.4 is 10.6 Å². The summed E-state index contributed by atoms with van der Waals surface area (Å²) >= 11 is 0. The van der Waals surface area contributed by atoms with E-state index in [1.165, 1.54) is 29.7 Å². The first-order chi connectivity index (χ1) is 16.5. The molecule has 0 aliphatic heterocycles. The van der Waals surface area contributed by atoms with Crippen molar-refractivity contribution in [2.24, 2.45) is 0 Å². The van der Waals surface area contributed by atoms with Gasteiger partial charge in [0.25, 0.3) is 11.8 Å². The fourth-order valence-corrected chi connectivity index (χ4v) is 3.43. The maximum Gasteiger partial charge on any atom is 0.325 e. The molecule has 1 atom stereocenters. The number of rotatable bonds is 8. The second-order valence-corrected chi connectivity index (χ2v) is 8.21. The summed E-state index contributed by atoms with van der Waals surface area (Å²) in [5, 5.41) is 43.0. The summed E-state index contributed by atoms with van der Waals surface area (Å²) < 4.78 is 1.43. The Balaban J connectivity index is 2.12. The van der Waals surface area contributed by atoms with Crippen LogP contribution in [-0.2, 0) is 4.79 Å². The molecule has 1 aromatic heterocycles. The molecule has 0 saturated carbocycles. The molecule has 3 aromatic rings. The molecular weight excluding hydrogens is 454 g/mol. The molecule has 0 aliphatic carbocycles. The number of aliphatic carboxylic acids is 1. The van der Waals surface area contributed by atoms with Gasteiger partial charge in [-0.1, -0.05) is 13.8 Å². The second-order valence-electron chi connectivity index (χ2n) is 8.21. The number of phenolic OH excluding ortho intramolecular Hbond substituents is 2. The van der Waals surface area contributed by atoms with E-state index in [0.29, 0.717) is 17.8 Å². The minimum absolute atomic E-state index is 0.0443. The minimum atomic E-state index is -1.16. The van der Waals surface area contributed by atoms with Gasteiger partial charge in [0.2, 0.25) is 5.82 Å². The molecule has 5 N–H and O–H groups in total. The van der Waals surface area contributed by atoms with Crippen molar-refractivity contribution in [3.63, 3.8) is 0 Å². The van der Waals surface area contributed by atoms with Crippen molar-refractivity contribution >= 4 is 17.8 Å². The van der Waals surface area contributed by atoms with E-state index in [4.69, 9.17) is 5.11 Å². The van der Waals surface area contributed by atoms with E-state index in [1.54, 1.807) is 25.1 Å². The predicted molar refractivity (Wildman–Crippen MR) is 127 cm³/mol. The van der Waals surface area contributed by atoms with Crippen LogP contribution in [-0.4, -0.2) is 60.5 Å². The SMILES string of the molecule is CCNC(=O)c1nnc(-c2cc(C(C)C)c(O)cc2O)n1-c1ccc(C(=O)N[C@@H](C)C(=O)O)cc1. The molecule has 2 amide bonds. The molecule has 0 unspecified atom stereocenters. The van der Waals surface area contributed by atoms with Crippen molar-refractivity contribution in [2.45, 2.75) is 39.7 Å². The van der Waals surface area contributed by atoms with Gasteiger partial charge in [0.15, 0.2) is 5.82 Å². The number of hydrogen-bond donors (Lipinski definition) is 5. The summed E-state index contributed by atoms with van der Waals surface area (Å²) in [4.78, 5) is 36.1. The van der Waals surface area contributed by atoms with Gasteiger partial charge in [-0.15, -0.1) is 10.2 Å². The van der Waals surface area contributed by atoms with Crippen LogP contribution in [0, 0.1) is 0 Å². The van der Waals surface area contributed by atoms with Crippen LogP contribution in [0.3, 0.4) is 0 Å². The number of aromatic nitrogens is 3. The number of carbonyl (C=O) groups excluding carboxylic acids is 2. The van der Waals surface area contributed by atoms with Crippen molar-refractivity contribution in [3.8, 4) is 28.6 Å². The number of phenols is 2. The highest BCUT2D eigenvalue weighted by Gasteiger charge is 2.24.